The maximum Gasteiger partial charge on any atom is 0.240 e. The second kappa shape index (κ2) is 7.09. The SMILES string of the molecule is CCCC(C#N)(CCC)C(=O)NCc1cn(C)nc1C. The molecular weight excluding hydrogens is 252 g/mol. The first-order valence-electron chi connectivity index (χ1n) is 7.17. The van der Waals surface area contributed by atoms with Crippen molar-refractivity contribution in [1.82, 2.24) is 15.1 Å². The highest BCUT2D eigenvalue weighted by Crippen LogP contribution is 2.29. The van der Waals surface area contributed by atoms with Crippen LogP contribution in [0.5, 0.6) is 0 Å². The minimum absolute atomic E-state index is 0.160. The summed E-state index contributed by atoms with van der Waals surface area (Å²) < 4.78 is 1.73. The van der Waals surface area contributed by atoms with Gasteiger partial charge in [0.25, 0.3) is 0 Å². The molecule has 1 N–H and O–H groups in total. The number of nitriles is 1. The van der Waals surface area contributed by atoms with Gasteiger partial charge in [-0.2, -0.15) is 10.4 Å². The van der Waals surface area contributed by atoms with E-state index in [9.17, 15) is 10.1 Å². The molecule has 1 amide bonds. The quantitative estimate of drug-likeness (QED) is 0.831. The fraction of sp³-hybridized carbons (Fsp3) is 0.667. The Morgan fingerprint density at radius 2 is 2.05 bits per heavy atom. The first-order valence-corrected chi connectivity index (χ1v) is 7.17. The van der Waals surface area contributed by atoms with Crippen LogP contribution in [0.4, 0.5) is 0 Å². The van der Waals surface area contributed by atoms with Crippen molar-refractivity contribution in [2.24, 2.45) is 12.5 Å². The molecular formula is C15H24N4O. The fourth-order valence-corrected chi connectivity index (χ4v) is 2.54. The van der Waals surface area contributed by atoms with Crippen molar-refractivity contribution in [3.05, 3.63) is 17.5 Å². The summed E-state index contributed by atoms with van der Waals surface area (Å²) in [4.78, 5) is 12.4. The Morgan fingerprint density at radius 1 is 1.45 bits per heavy atom. The molecule has 20 heavy (non-hydrogen) atoms. The van der Waals surface area contributed by atoms with Gasteiger partial charge in [0.05, 0.1) is 11.8 Å². The van der Waals surface area contributed by atoms with Crippen molar-refractivity contribution >= 4 is 5.91 Å². The zero-order valence-corrected chi connectivity index (χ0v) is 12.9. The first-order chi connectivity index (χ1) is 9.49. The molecule has 1 rings (SSSR count). The van der Waals surface area contributed by atoms with E-state index in [1.165, 1.54) is 0 Å². The van der Waals surface area contributed by atoms with E-state index in [2.05, 4.69) is 16.5 Å². The Hall–Kier alpha value is -1.83. The van der Waals surface area contributed by atoms with Crippen LogP contribution in [0.1, 0.15) is 50.8 Å². The van der Waals surface area contributed by atoms with Gasteiger partial charge in [0.2, 0.25) is 5.91 Å². The molecule has 0 aromatic carbocycles. The minimum atomic E-state index is -0.889. The van der Waals surface area contributed by atoms with Crippen molar-refractivity contribution in [2.75, 3.05) is 0 Å². The molecule has 110 valence electrons. The number of aryl methyl sites for hydroxylation is 2. The number of nitrogens with one attached hydrogen (secondary N) is 1. The van der Waals surface area contributed by atoms with Crippen molar-refractivity contribution in [3.8, 4) is 6.07 Å². The average Bonchev–Trinajstić information content (AvgIpc) is 2.73. The standard InChI is InChI=1S/C15H24N4O/c1-5-7-15(11-16,8-6-2)14(20)17-9-13-10-19(4)18-12(13)3/h10H,5-9H2,1-4H3,(H,17,20). The lowest BCUT2D eigenvalue weighted by Gasteiger charge is -2.24. The van der Waals surface area contributed by atoms with Crippen LogP contribution in [0.2, 0.25) is 0 Å². The molecule has 0 saturated carbocycles. The lowest BCUT2D eigenvalue weighted by atomic mass is 9.79. The van der Waals surface area contributed by atoms with E-state index < -0.39 is 5.41 Å². The largest absolute Gasteiger partial charge is 0.351 e. The second-order valence-corrected chi connectivity index (χ2v) is 5.29. The number of carbonyl (C=O) groups excluding carboxylic acids is 1. The summed E-state index contributed by atoms with van der Waals surface area (Å²) >= 11 is 0. The summed E-state index contributed by atoms with van der Waals surface area (Å²) in [6, 6.07) is 2.24. The number of amides is 1. The van der Waals surface area contributed by atoms with E-state index in [-0.39, 0.29) is 5.91 Å². The number of carbonyl (C=O) groups is 1. The molecule has 0 aliphatic rings. The minimum Gasteiger partial charge on any atom is -0.351 e. The number of rotatable bonds is 7. The number of aromatic nitrogens is 2. The molecule has 1 heterocycles. The summed E-state index contributed by atoms with van der Waals surface area (Å²) in [5.74, 6) is -0.160. The summed E-state index contributed by atoms with van der Waals surface area (Å²) in [5.41, 5.74) is 1.00. The molecule has 0 aliphatic heterocycles. The highest BCUT2D eigenvalue weighted by molar-refractivity contribution is 5.85. The van der Waals surface area contributed by atoms with Crippen LogP contribution in [0.3, 0.4) is 0 Å². The monoisotopic (exact) mass is 276 g/mol. The van der Waals surface area contributed by atoms with E-state index in [4.69, 9.17) is 0 Å². The third-order valence-corrected chi connectivity index (χ3v) is 3.56. The van der Waals surface area contributed by atoms with Gasteiger partial charge in [0, 0.05) is 25.4 Å². The van der Waals surface area contributed by atoms with Gasteiger partial charge in [-0.1, -0.05) is 26.7 Å². The maximum atomic E-state index is 12.4. The van der Waals surface area contributed by atoms with Gasteiger partial charge in [0.1, 0.15) is 5.41 Å². The van der Waals surface area contributed by atoms with Gasteiger partial charge < -0.3 is 5.32 Å². The molecule has 0 aliphatic carbocycles. The maximum absolute atomic E-state index is 12.4. The van der Waals surface area contributed by atoms with E-state index in [1.54, 1.807) is 4.68 Å². The summed E-state index contributed by atoms with van der Waals surface area (Å²) in [7, 11) is 1.85. The van der Waals surface area contributed by atoms with E-state index >= 15 is 0 Å². The molecule has 0 bridgehead atoms. The molecule has 0 saturated heterocycles. The third kappa shape index (κ3) is 3.60. The number of hydrogen-bond donors (Lipinski definition) is 1. The van der Waals surface area contributed by atoms with Gasteiger partial charge in [-0.25, -0.2) is 0 Å². The van der Waals surface area contributed by atoms with Crippen molar-refractivity contribution in [1.29, 1.82) is 5.26 Å². The third-order valence-electron chi connectivity index (χ3n) is 3.56. The van der Waals surface area contributed by atoms with Crippen LogP contribution in [-0.4, -0.2) is 15.7 Å². The van der Waals surface area contributed by atoms with E-state index in [0.29, 0.717) is 19.4 Å². The zero-order chi connectivity index (χ0) is 15.2. The van der Waals surface area contributed by atoms with Crippen LogP contribution >= 0.6 is 0 Å². The van der Waals surface area contributed by atoms with Gasteiger partial charge in [-0.3, -0.25) is 9.48 Å². The summed E-state index contributed by atoms with van der Waals surface area (Å²) in [6.07, 6.45) is 4.76. The Bertz CT molecular complexity index is 492. The van der Waals surface area contributed by atoms with Crippen molar-refractivity contribution in [2.45, 2.75) is 53.0 Å². The molecule has 0 atom stereocenters. The van der Waals surface area contributed by atoms with Crippen LogP contribution in [0.25, 0.3) is 0 Å². The highest BCUT2D eigenvalue weighted by Gasteiger charge is 2.36. The smallest absolute Gasteiger partial charge is 0.240 e. The zero-order valence-electron chi connectivity index (χ0n) is 12.9. The molecule has 5 heteroatoms. The Kier molecular flexibility index (Phi) is 5.75. The topological polar surface area (TPSA) is 70.7 Å². The predicted molar refractivity (Wildman–Crippen MR) is 77.7 cm³/mol. The number of nitrogens with zero attached hydrogens (tertiary/aromatic N) is 3. The summed E-state index contributed by atoms with van der Waals surface area (Å²) in [5, 5.41) is 16.6. The lowest BCUT2D eigenvalue weighted by Crippen LogP contribution is -2.39. The van der Waals surface area contributed by atoms with Gasteiger partial charge >= 0.3 is 0 Å². The summed E-state index contributed by atoms with van der Waals surface area (Å²) in [6.45, 7) is 6.34. The molecule has 1 aromatic rings. The van der Waals surface area contributed by atoms with Crippen molar-refractivity contribution < 1.29 is 4.79 Å². The van der Waals surface area contributed by atoms with E-state index in [0.717, 1.165) is 24.1 Å². The predicted octanol–water partition coefficient (Wildman–Crippen LogP) is 2.45. The second-order valence-electron chi connectivity index (χ2n) is 5.29. The highest BCUT2D eigenvalue weighted by atomic mass is 16.2. The Balaban J connectivity index is 2.76. The van der Waals surface area contributed by atoms with Crippen molar-refractivity contribution in [3.63, 3.8) is 0 Å². The van der Waals surface area contributed by atoms with Gasteiger partial charge in [-0.15, -0.1) is 0 Å². The lowest BCUT2D eigenvalue weighted by molar-refractivity contribution is -0.129. The number of hydrogen-bond acceptors (Lipinski definition) is 3. The van der Waals surface area contributed by atoms with Crippen LogP contribution in [-0.2, 0) is 18.4 Å². The molecule has 1 aromatic heterocycles. The molecule has 0 radical (unpaired) electrons. The van der Waals surface area contributed by atoms with E-state index in [1.807, 2.05) is 34.0 Å². The molecule has 0 fully saturated rings. The van der Waals surface area contributed by atoms with Gasteiger partial charge in [-0.05, 0) is 19.8 Å². The molecule has 0 unspecified atom stereocenters. The normalized spacial score (nSPS) is 11.2. The molecule has 0 spiro atoms. The Morgan fingerprint density at radius 3 is 2.45 bits per heavy atom. The van der Waals surface area contributed by atoms with Crippen LogP contribution < -0.4 is 5.32 Å². The van der Waals surface area contributed by atoms with Crippen LogP contribution in [0.15, 0.2) is 6.20 Å². The van der Waals surface area contributed by atoms with Gasteiger partial charge in [0.15, 0.2) is 0 Å². The fourth-order valence-electron chi connectivity index (χ4n) is 2.54. The Labute approximate surface area is 121 Å². The van der Waals surface area contributed by atoms with Crippen LogP contribution in [0, 0.1) is 23.7 Å². The molecule has 5 nitrogen and oxygen atoms in total. The first kappa shape index (κ1) is 16.2. The average molecular weight is 276 g/mol.